The standard InChI is InChI=1S/C8H9N3O/c1-3-10-6-5-9-8(10)11(4-2)7-12/h3-7H,1-2H2. The van der Waals surface area contributed by atoms with E-state index in [1.165, 1.54) is 11.1 Å². The summed E-state index contributed by atoms with van der Waals surface area (Å²) in [5.74, 6) is 0.481. The second kappa shape index (κ2) is 3.52. The van der Waals surface area contributed by atoms with Gasteiger partial charge in [-0.2, -0.15) is 0 Å². The molecule has 1 aromatic heterocycles. The Hall–Kier alpha value is -1.84. The third kappa shape index (κ3) is 1.27. The van der Waals surface area contributed by atoms with E-state index in [4.69, 9.17) is 0 Å². The van der Waals surface area contributed by atoms with Crippen molar-refractivity contribution in [1.82, 2.24) is 9.55 Å². The smallest absolute Gasteiger partial charge is 0.220 e. The maximum Gasteiger partial charge on any atom is 0.220 e. The van der Waals surface area contributed by atoms with Gasteiger partial charge in [0.2, 0.25) is 12.4 Å². The van der Waals surface area contributed by atoms with Crippen LogP contribution in [0.2, 0.25) is 0 Å². The molecule has 0 aliphatic heterocycles. The van der Waals surface area contributed by atoms with Crippen molar-refractivity contribution >= 4 is 18.6 Å². The normalized spacial score (nSPS) is 9.00. The number of anilines is 1. The molecule has 0 saturated carbocycles. The van der Waals surface area contributed by atoms with E-state index in [0.717, 1.165) is 0 Å². The van der Waals surface area contributed by atoms with Gasteiger partial charge in [-0.1, -0.05) is 13.2 Å². The van der Waals surface area contributed by atoms with E-state index in [-0.39, 0.29) is 0 Å². The number of amides is 1. The van der Waals surface area contributed by atoms with Crippen LogP contribution in [0.25, 0.3) is 6.20 Å². The molecule has 0 unspecified atom stereocenters. The molecule has 0 aliphatic carbocycles. The highest BCUT2D eigenvalue weighted by atomic mass is 16.1. The predicted octanol–water partition coefficient (Wildman–Crippen LogP) is 1.09. The molecule has 1 aromatic rings. The second-order valence-electron chi connectivity index (χ2n) is 2.01. The predicted molar refractivity (Wildman–Crippen MR) is 47.4 cm³/mol. The van der Waals surface area contributed by atoms with Gasteiger partial charge in [-0.15, -0.1) is 0 Å². The van der Waals surface area contributed by atoms with Crippen LogP contribution in [0.4, 0.5) is 5.95 Å². The highest BCUT2D eigenvalue weighted by Gasteiger charge is 2.05. The Morgan fingerprint density at radius 2 is 2.33 bits per heavy atom. The fourth-order valence-corrected chi connectivity index (χ4v) is 0.819. The van der Waals surface area contributed by atoms with Gasteiger partial charge in [0.25, 0.3) is 0 Å². The Morgan fingerprint density at radius 3 is 2.83 bits per heavy atom. The summed E-state index contributed by atoms with van der Waals surface area (Å²) in [5, 5.41) is 0. The molecule has 1 heterocycles. The summed E-state index contributed by atoms with van der Waals surface area (Å²) in [6, 6.07) is 0. The lowest BCUT2D eigenvalue weighted by atomic mass is 10.7. The third-order valence-electron chi connectivity index (χ3n) is 1.39. The van der Waals surface area contributed by atoms with Gasteiger partial charge in [0.1, 0.15) is 0 Å². The summed E-state index contributed by atoms with van der Waals surface area (Å²) in [7, 11) is 0. The number of nitrogens with zero attached hydrogens (tertiary/aromatic N) is 3. The molecular weight excluding hydrogens is 154 g/mol. The van der Waals surface area contributed by atoms with Crippen molar-refractivity contribution in [1.29, 1.82) is 0 Å². The molecular formula is C8H9N3O. The van der Waals surface area contributed by atoms with Crippen LogP contribution in [0.3, 0.4) is 0 Å². The second-order valence-corrected chi connectivity index (χ2v) is 2.01. The number of carbonyl (C=O) groups excluding carboxylic acids is 1. The van der Waals surface area contributed by atoms with E-state index in [2.05, 4.69) is 18.1 Å². The first-order valence-electron chi connectivity index (χ1n) is 3.35. The van der Waals surface area contributed by atoms with Crippen molar-refractivity contribution in [3.05, 3.63) is 31.8 Å². The fourth-order valence-electron chi connectivity index (χ4n) is 0.819. The Bertz CT molecular complexity index is 295. The topological polar surface area (TPSA) is 38.1 Å². The molecule has 1 amide bonds. The van der Waals surface area contributed by atoms with Crippen molar-refractivity contribution < 1.29 is 4.79 Å². The molecule has 62 valence electrons. The Balaban J connectivity index is 3.06. The lowest BCUT2D eigenvalue weighted by molar-refractivity contribution is -0.107. The van der Waals surface area contributed by atoms with Gasteiger partial charge in [0, 0.05) is 24.8 Å². The van der Waals surface area contributed by atoms with Gasteiger partial charge >= 0.3 is 0 Å². The van der Waals surface area contributed by atoms with Crippen LogP contribution in [0, 0.1) is 0 Å². The summed E-state index contributed by atoms with van der Waals surface area (Å²) >= 11 is 0. The first kappa shape index (κ1) is 8.26. The van der Waals surface area contributed by atoms with E-state index in [9.17, 15) is 4.79 Å². The van der Waals surface area contributed by atoms with Crippen molar-refractivity contribution in [3.63, 3.8) is 0 Å². The number of hydrogen-bond acceptors (Lipinski definition) is 2. The van der Waals surface area contributed by atoms with E-state index in [0.29, 0.717) is 12.4 Å². The van der Waals surface area contributed by atoms with Gasteiger partial charge in [-0.25, -0.2) is 4.98 Å². The first-order chi connectivity index (χ1) is 5.83. The van der Waals surface area contributed by atoms with Crippen LogP contribution in [0.15, 0.2) is 31.8 Å². The lowest BCUT2D eigenvalue weighted by Gasteiger charge is -2.09. The minimum atomic E-state index is 0.481. The van der Waals surface area contributed by atoms with Crippen molar-refractivity contribution in [2.75, 3.05) is 4.90 Å². The highest BCUT2D eigenvalue weighted by Crippen LogP contribution is 2.09. The zero-order chi connectivity index (χ0) is 8.97. The largest absolute Gasteiger partial charge is 0.293 e. The molecule has 0 N–H and O–H groups in total. The molecule has 12 heavy (non-hydrogen) atoms. The van der Waals surface area contributed by atoms with Crippen LogP contribution in [0.5, 0.6) is 0 Å². The van der Waals surface area contributed by atoms with E-state index >= 15 is 0 Å². The molecule has 0 spiro atoms. The molecule has 0 atom stereocenters. The Labute approximate surface area is 70.4 Å². The van der Waals surface area contributed by atoms with Crippen LogP contribution in [-0.2, 0) is 4.79 Å². The van der Waals surface area contributed by atoms with Gasteiger partial charge in [0.15, 0.2) is 0 Å². The molecule has 4 nitrogen and oxygen atoms in total. The fraction of sp³-hybridized carbons (Fsp3) is 0. The number of hydrogen-bond donors (Lipinski definition) is 0. The highest BCUT2D eigenvalue weighted by molar-refractivity contribution is 5.74. The van der Waals surface area contributed by atoms with E-state index in [1.54, 1.807) is 23.2 Å². The van der Waals surface area contributed by atoms with Gasteiger partial charge in [-0.3, -0.25) is 14.3 Å². The first-order valence-corrected chi connectivity index (χ1v) is 3.35. The third-order valence-corrected chi connectivity index (χ3v) is 1.39. The monoisotopic (exact) mass is 163 g/mol. The molecule has 0 aliphatic rings. The van der Waals surface area contributed by atoms with Crippen molar-refractivity contribution in [3.8, 4) is 0 Å². The van der Waals surface area contributed by atoms with E-state index < -0.39 is 0 Å². The van der Waals surface area contributed by atoms with Crippen LogP contribution >= 0.6 is 0 Å². The quantitative estimate of drug-likeness (QED) is 0.623. The number of aromatic nitrogens is 2. The Morgan fingerprint density at radius 1 is 1.58 bits per heavy atom. The van der Waals surface area contributed by atoms with Crippen LogP contribution in [-0.4, -0.2) is 16.0 Å². The summed E-state index contributed by atoms with van der Waals surface area (Å²) in [5.41, 5.74) is 0. The summed E-state index contributed by atoms with van der Waals surface area (Å²) in [4.78, 5) is 15.7. The average Bonchev–Trinajstić information content (AvgIpc) is 2.55. The van der Waals surface area contributed by atoms with Gasteiger partial charge in [-0.05, 0) is 0 Å². The summed E-state index contributed by atoms with van der Waals surface area (Å²) < 4.78 is 1.62. The summed E-state index contributed by atoms with van der Waals surface area (Å²) in [6.07, 6.45) is 6.85. The Kier molecular flexibility index (Phi) is 2.42. The molecule has 0 fully saturated rings. The SMILES string of the molecule is C=CN(C=O)c1nccn1C=C. The number of carbonyl (C=O) groups is 1. The summed E-state index contributed by atoms with van der Waals surface area (Å²) in [6.45, 7) is 7.03. The maximum absolute atomic E-state index is 10.5. The van der Waals surface area contributed by atoms with Gasteiger partial charge in [0.05, 0.1) is 0 Å². The molecule has 1 rings (SSSR count). The minimum Gasteiger partial charge on any atom is -0.293 e. The zero-order valence-electron chi connectivity index (χ0n) is 6.55. The van der Waals surface area contributed by atoms with Crippen LogP contribution < -0.4 is 4.90 Å². The average molecular weight is 163 g/mol. The van der Waals surface area contributed by atoms with Crippen LogP contribution in [0.1, 0.15) is 0 Å². The molecule has 0 radical (unpaired) electrons. The molecule has 4 heteroatoms. The van der Waals surface area contributed by atoms with Crippen molar-refractivity contribution in [2.24, 2.45) is 0 Å². The number of imidazole rings is 1. The van der Waals surface area contributed by atoms with Gasteiger partial charge < -0.3 is 0 Å². The zero-order valence-corrected chi connectivity index (χ0v) is 6.55. The molecule has 0 aromatic carbocycles. The van der Waals surface area contributed by atoms with Crippen molar-refractivity contribution in [2.45, 2.75) is 0 Å². The molecule has 0 bridgehead atoms. The number of rotatable bonds is 4. The maximum atomic E-state index is 10.5. The molecule has 0 saturated heterocycles. The van der Waals surface area contributed by atoms with E-state index in [1.807, 2.05) is 0 Å². The minimum absolute atomic E-state index is 0.481. The lowest BCUT2D eigenvalue weighted by Crippen LogP contribution is -2.15.